The van der Waals surface area contributed by atoms with Gasteiger partial charge >= 0.3 is 0 Å². The Kier molecular flexibility index (Phi) is 8.60. The lowest BCUT2D eigenvalue weighted by atomic mass is 9.99. The van der Waals surface area contributed by atoms with Crippen LogP contribution in [0.4, 0.5) is 5.95 Å². The normalized spacial score (nSPS) is 22.3. The van der Waals surface area contributed by atoms with Crippen molar-refractivity contribution < 1.29 is 19.4 Å². The molecule has 2 aliphatic heterocycles. The molecule has 2 fully saturated rings. The van der Waals surface area contributed by atoms with E-state index in [0.717, 1.165) is 67.3 Å². The molecule has 9 nitrogen and oxygen atoms in total. The van der Waals surface area contributed by atoms with Crippen LogP contribution in [0.3, 0.4) is 0 Å². The van der Waals surface area contributed by atoms with Gasteiger partial charge in [-0.2, -0.15) is 0 Å². The minimum absolute atomic E-state index is 0.00477. The molecule has 5 rings (SSSR count). The van der Waals surface area contributed by atoms with Crippen molar-refractivity contribution in [2.24, 2.45) is 0 Å². The van der Waals surface area contributed by atoms with Crippen LogP contribution in [0.15, 0.2) is 67.0 Å². The van der Waals surface area contributed by atoms with Crippen molar-refractivity contribution in [1.29, 1.82) is 0 Å². The van der Waals surface area contributed by atoms with Gasteiger partial charge in [-0.3, -0.25) is 9.69 Å². The second kappa shape index (κ2) is 12.4. The number of benzene rings is 2. The van der Waals surface area contributed by atoms with Crippen molar-refractivity contribution in [3.05, 3.63) is 89.2 Å². The number of aromatic nitrogens is 2. The highest BCUT2D eigenvalue weighted by Gasteiger charge is 2.34. The minimum Gasteiger partial charge on any atom is -0.392 e. The molecule has 0 unspecified atom stereocenters. The summed E-state index contributed by atoms with van der Waals surface area (Å²) in [6.07, 6.45) is 3.69. The molecule has 3 heterocycles. The van der Waals surface area contributed by atoms with Crippen molar-refractivity contribution >= 4 is 11.9 Å². The van der Waals surface area contributed by atoms with Gasteiger partial charge in [0.1, 0.15) is 0 Å². The molecule has 2 aromatic carbocycles. The van der Waals surface area contributed by atoms with Gasteiger partial charge in [-0.1, -0.05) is 48.5 Å². The van der Waals surface area contributed by atoms with Crippen LogP contribution in [0.2, 0.25) is 0 Å². The van der Waals surface area contributed by atoms with Crippen LogP contribution >= 0.6 is 0 Å². The summed E-state index contributed by atoms with van der Waals surface area (Å²) in [6, 6.07) is 17.8. The maximum absolute atomic E-state index is 11.3. The largest absolute Gasteiger partial charge is 0.392 e. The maximum Gasteiger partial charge on any atom is 0.225 e. The first-order valence-corrected chi connectivity index (χ1v) is 13.2. The quantitative estimate of drug-likeness (QED) is 0.471. The van der Waals surface area contributed by atoms with E-state index in [1.54, 1.807) is 12.4 Å². The molecule has 2 saturated heterocycles. The number of carbonyl (C=O) groups excluding carboxylic acids is 1. The van der Waals surface area contributed by atoms with E-state index in [1.807, 2.05) is 54.6 Å². The lowest BCUT2D eigenvalue weighted by molar-refractivity contribution is -0.253. The number of aliphatic hydroxyl groups is 1. The summed E-state index contributed by atoms with van der Waals surface area (Å²) in [5.41, 5.74) is 3.93. The number of rotatable bonds is 8. The number of nitrogens with one attached hydrogen (secondary N) is 1. The van der Waals surface area contributed by atoms with Crippen LogP contribution < -0.4 is 10.2 Å². The number of hydrogen-bond donors (Lipinski definition) is 2. The van der Waals surface area contributed by atoms with E-state index >= 15 is 0 Å². The Morgan fingerprint density at radius 3 is 2.26 bits per heavy atom. The molecule has 2 aliphatic rings. The average Bonchev–Trinajstić information content (AvgIpc) is 2.97. The molecular weight excluding hydrogens is 482 g/mol. The highest BCUT2D eigenvalue weighted by atomic mass is 16.7. The highest BCUT2D eigenvalue weighted by Crippen LogP contribution is 2.38. The third-order valence-electron chi connectivity index (χ3n) is 7.08. The summed E-state index contributed by atoms with van der Waals surface area (Å²) in [5, 5.41) is 12.3. The van der Waals surface area contributed by atoms with Gasteiger partial charge in [0.25, 0.3) is 0 Å². The molecule has 200 valence electrons. The molecule has 0 aliphatic carbocycles. The third kappa shape index (κ3) is 6.73. The first-order chi connectivity index (χ1) is 18.6. The zero-order chi connectivity index (χ0) is 26.3. The molecule has 3 aromatic rings. The van der Waals surface area contributed by atoms with Crippen LogP contribution in [0.25, 0.3) is 0 Å². The van der Waals surface area contributed by atoms with Crippen LogP contribution in [-0.4, -0.2) is 64.7 Å². The van der Waals surface area contributed by atoms with Gasteiger partial charge in [-0.25, -0.2) is 9.97 Å². The standard InChI is InChI=1S/C29H35N5O4/c1-21(36)32-18-22-3-9-25(10-4-22)28-37-26(17-27(38-28)24-7-5-23(20-35)6-8-24)19-33-13-15-34(16-14-33)29-30-11-2-12-31-29/h2-12,26-28,35H,13-20H2,1H3,(H,32,36)/t26-,27+,28+/m0/s1. The van der Waals surface area contributed by atoms with Gasteiger partial charge in [0.15, 0.2) is 6.29 Å². The second-order valence-electron chi connectivity index (χ2n) is 9.84. The molecule has 1 aromatic heterocycles. The van der Waals surface area contributed by atoms with E-state index in [-0.39, 0.29) is 24.7 Å². The maximum atomic E-state index is 11.3. The topological polar surface area (TPSA) is 100 Å². The Morgan fingerprint density at radius 1 is 0.947 bits per heavy atom. The minimum atomic E-state index is -0.495. The lowest BCUT2D eigenvalue weighted by Gasteiger charge is -2.40. The summed E-state index contributed by atoms with van der Waals surface area (Å²) in [4.78, 5) is 24.7. The van der Waals surface area contributed by atoms with Crippen LogP contribution in [0.1, 0.15) is 48.0 Å². The van der Waals surface area contributed by atoms with Gasteiger partial charge < -0.3 is 24.8 Å². The van der Waals surface area contributed by atoms with Crippen molar-refractivity contribution in [2.75, 3.05) is 37.6 Å². The fraction of sp³-hybridized carbons (Fsp3) is 0.414. The molecule has 0 bridgehead atoms. The number of carbonyl (C=O) groups is 1. The Morgan fingerprint density at radius 2 is 1.61 bits per heavy atom. The number of piperazine rings is 1. The fourth-order valence-corrected chi connectivity index (χ4v) is 4.93. The van der Waals surface area contributed by atoms with E-state index < -0.39 is 6.29 Å². The zero-order valence-corrected chi connectivity index (χ0v) is 21.7. The predicted octanol–water partition coefficient (Wildman–Crippen LogP) is 2.97. The first-order valence-electron chi connectivity index (χ1n) is 13.2. The van der Waals surface area contributed by atoms with Crippen LogP contribution in [0.5, 0.6) is 0 Å². The van der Waals surface area contributed by atoms with Crippen molar-refractivity contribution in [2.45, 2.75) is 45.0 Å². The summed E-state index contributed by atoms with van der Waals surface area (Å²) < 4.78 is 13.0. The summed E-state index contributed by atoms with van der Waals surface area (Å²) >= 11 is 0. The Labute approximate surface area is 223 Å². The molecule has 0 saturated carbocycles. The van der Waals surface area contributed by atoms with E-state index in [4.69, 9.17) is 9.47 Å². The van der Waals surface area contributed by atoms with E-state index in [9.17, 15) is 9.90 Å². The molecule has 3 atom stereocenters. The summed E-state index contributed by atoms with van der Waals surface area (Å²) in [6.45, 7) is 6.41. The number of nitrogens with zero attached hydrogens (tertiary/aromatic N) is 4. The van der Waals surface area contributed by atoms with Gasteiger partial charge in [0.05, 0.1) is 18.8 Å². The van der Waals surface area contributed by atoms with Crippen molar-refractivity contribution in [1.82, 2.24) is 20.2 Å². The number of ether oxygens (including phenoxy) is 2. The molecule has 9 heteroatoms. The Hall–Kier alpha value is -3.37. The number of aliphatic hydroxyl groups excluding tert-OH is 1. The molecular formula is C29H35N5O4. The van der Waals surface area contributed by atoms with Gasteiger partial charge in [-0.05, 0) is 22.8 Å². The van der Waals surface area contributed by atoms with Crippen LogP contribution in [-0.2, 0) is 27.4 Å². The van der Waals surface area contributed by atoms with Crippen molar-refractivity contribution in [3.63, 3.8) is 0 Å². The Balaban J connectivity index is 1.27. The van der Waals surface area contributed by atoms with Crippen molar-refractivity contribution in [3.8, 4) is 0 Å². The molecule has 1 amide bonds. The summed E-state index contributed by atoms with van der Waals surface area (Å²) in [5.74, 6) is 0.728. The van der Waals surface area contributed by atoms with E-state index in [1.165, 1.54) is 6.92 Å². The average molecular weight is 518 g/mol. The number of anilines is 1. The SMILES string of the molecule is CC(=O)NCc1ccc([C@@H]2O[C@H](CN3CCN(c4ncccn4)CC3)C[C@H](c3ccc(CO)cc3)O2)cc1. The molecule has 38 heavy (non-hydrogen) atoms. The van der Waals surface area contributed by atoms with Crippen LogP contribution in [0, 0.1) is 0 Å². The molecule has 2 N–H and O–H groups in total. The highest BCUT2D eigenvalue weighted by molar-refractivity contribution is 5.72. The summed E-state index contributed by atoms with van der Waals surface area (Å²) in [7, 11) is 0. The lowest BCUT2D eigenvalue weighted by Crippen LogP contribution is -2.50. The zero-order valence-electron chi connectivity index (χ0n) is 21.7. The number of hydrogen-bond acceptors (Lipinski definition) is 8. The monoisotopic (exact) mass is 517 g/mol. The van der Waals surface area contributed by atoms with E-state index in [0.29, 0.717) is 6.54 Å². The predicted molar refractivity (Wildman–Crippen MR) is 143 cm³/mol. The number of amides is 1. The fourth-order valence-electron chi connectivity index (χ4n) is 4.93. The smallest absolute Gasteiger partial charge is 0.225 e. The van der Waals surface area contributed by atoms with Gasteiger partial charge in [0.2, 0.25) is 11.9 Å². The van der Waals surface area contributed by atoms with E-state index in [2.05, 4.69) is 25.1 Å². The van der Waals surface area contributed by atoms with Gasteiger partial charge in [-0.15, -0.1) is 0 Å². The van der Waals surface area contributed by atoms with Gasteiger partial charge in [0, 0.05) is 70.6 Å². The molecule has 0 radical (unpaired) electrons. The third-order valence-corrected chi connectivity index (χ3v) is 7.08. The Bertz CT molecular complexity index is 1170. The second-order valence-corrected chi connectivity index (χ2v) is 9.84. The molecule has 0 spiro atoms. The first kappa shape index (κ1) is 26.2.